The van der Waals surface area contributed by atoms with E-state index in [4.69, 9.17) is 0 Å². The monoisotopic (exact) mass is 388 g/mol. The predicted octanol–water partition coefficient (Wildman–Crippen LogP) is 1.77. The van der Waals surface area contributed by atoms with Crippen LogP contribution in [0, 0.1) is 0 Å². The van der Waals surface area contributed by atoms with Crippen LogP contribution in [0.2, 0.25) is 0 Å². The summed E-state index contributed by atoms with van der Waals surface area (Å²) in [7, 11) is -4.41. The maximum atomic E-state index is 11.4. The number of hydrogen-bond donors (Lipinski definition) is 1. The molecular formula is C18H37KO4S. The van der Waals surface area contributed by atoms with Crippen molar-refractivity contribution in [1.29, 1.82) is 0 Å². The van der Waals surface area contributed by atoms with Crippen molar-refractivity contribution in [1.82, 2.24) is 0 Å². The molecule has 0 amide bonds. The Balaban J connectivity index is 0. The molecule has 0 aromatic rings. The van der Waals surface area contributed by atoms with Crippen molar-refractivity contribution in [2.24, 2.45) is 0 Å². The normalized spacial score (nSPS) is 14.2. The number of aliphatic hydroxyl groups excluding tert-OH is 1. The van der Waals surface area contributed by atoms with E-state index in [2.05, 4.69) is 13.8 Å². The van der Waals surface area contributed by atoms with Crippen LogP contribution in [0.3, 0.4) is 0 Å². The Bertz CT molecular complexity index is 360. The molecule has 0 aliphatic rings. The molecule has 0 aliphatic carbocycles. The van der Waals surface area contributed by atoms with Gasteiger partial charge in [0, 0.05) is 0 Å². The SMILES string of the molecule is CCCCCCCCCCC(C(O)CCCCCC)S(=O)(=O)[O-].[K+]. The summed E-state index contributed by atoms with van der Waals surface area (Å²) in [5, 5.41) is 8.94. The third-order valence-electron chi connectivity index (χ3n) is 4.50. The average molecular weight is 389 g/mol. The van der Waals surface area contributed by atoms with Gasteiger partial charge in [0.2, 0.25) is 0 Å². The standard InChI is InChI=1S/C18H38O4S.K/c1-3-5-7-9-10-11-12-14-16-18(23(20,21)22)17(19)15-13-8-6-4-2;/h17-19H,3-16H2,1-2H3,(H,20,21,22);/q;+1/p-1. The zero-order chi connectivity index (χ0) is 17.6. The van der Waals surface area contributed by atoms with Crippen LogP contribution >= 0.6 is 0 Å². The molecule has 0 saturated carbocycles. The van der Waals surface area contributed by atoms with Gasteiger partial charge < -0.3 is 9.66 Å². The fourth-order valence-electron chi connectivity index (χ4n) is 2.97. The fourth-order valence-corrected chi connectivity index (χ4v) is 3.95. The first kappa shape index (κ1) is 27.7. The quantitative estimate of drug-likeness (QED) is 0.248. The molecule has 2 atom stereocenters. The summed E-state index contributed by atoms with van der Waals surface area (Å²) in [6.45, 7) is 4.29. The molecular weight excluding hydrogens is 351 g/mol. The van der Waals surface area contributed by atoms with Crippen LogP contribution in [0.4, 0.5) is 0 Å². The van der Waals surface area contributed by atoms with Gasteiger partial charge in [0.25, 0.3) is 0 Å². The number of rotatable bonds is 16. The van der Waals surface area contributed by atoms with Gasteiger partial charge in [0.1, 0.15) is 10.1 Å². The van der Waals surface area contributed by atoms with Crippen LogP contribution in [-0.4, -0.2) is 29.4 Å². The third kappa shape index (κ3) is 15.7. The van der Waals surface area contributed by atoms with Crippen LogP contribution in [0.15, 0.2) is 0 Å². The summed E-state index contributed by atoms with van der Waals surface area (Å²) in [6, 6.07) is 0. The number of hydrogen-bond acceptors (Lipinski definition) is 4. The molecule has 6 heteroatoms. The van der Waals surface area contributed by atoms with Crippen molar-refractivity contribution in [3.8, 4) is 0 Å². The summed E-state index contributed by atoms with van der Waals surface area (Å²) in [4.78, 5) is 0. The minimum atomic E-state index is -4.41. The zero-order valence-corrected chi connectivity index (χ0v) is 20.1. The second kappa shape index (κ2) is 17.9. The van der Waals surface area contributed by atoms with Gasteiger partial charge >= 0.3 is 51.4 Å². The molecule has 0 aliphatic heterocycles. The van der Waals surface area contributed by atoms with Crippen molar-refractivity contribution in [3.05, 3.63) is 0 Å². The van der Waals surface area contributed by atoms with E-state index in [-0.39, 0.29) is 51.4 Å². The number of unbranched alkanes of at least 4 members (excludes halogenated alkanes) is 10. The molecule has 0 bridgehead atoms. The average Bonchev–Trinajstić information content (AvgIpc) is 2.48. The molecule has 0 heterocycles. The van der Waals surface area contributed by atoms with Gasteiger partial charge in [-0.15, -0.1) is 0 Å². The van der Waals surface area contributed by atoms with Gasteiger partial charge in [-0.25, -0.2) is 8.42 Å². The Morgan fingerprint density at radius 2 is 1.12 bits per heavy atom. The van der Waals surface area contributed by atoms with E-state index in [1.54, 1.807) is 0 Å². The van der Waals surface area contributed by atoms with E-state index in [1.807, 2.05) is 0 Å². The molecule has 0 aromatic heterocycles. The molecule has 140 valence electrons. The van der Waals surface area contributed by atoms with Crippen molar-refractivity contribution in [2.45, 2.75) is 115 Å². The van der Waals surface area contributed by atoms with E-state index in [9.17, 15) is 18.1 Å². The van der Waals surface area contributed by atoms with Gasteiger partial charge in [0.05, 0.1) is 11.4 Å². The van der Waals surface area contributed by atoms with Crippen LogP contribution in [0.5, 0.6) is 0 Å². The van der Waals surface area contributed by atoms with Crippen LogP contribution in [0.1, 0.15) is 104 Å². The molecule has 24 heavy (non-hydrogen) atoms. The van der Waals surface area contributed by atoms with E-state index >= 15 is 0 Å². The molecule has 0 saturated heterocycles. The summed E-state index contributed by atoms with van der Waals surface area (Å²) in [6.07, 6.45) is 12.6. The molecule has 1 N–H and O–H groups in total. The minimum absolute atomic E-state index is 0. The minimum Gasteiger partial charge on any atom is -0.748 e. The Labute approximate surface area is 192 Å². The Kier molecular flexibility index (Phi) is 20.7. The third-order valence-corrected chi connectivity index (χ3v) is 5.79. The fraction of sp³-hybridized carbons (Fsp3) is 1.00. The zero-order valence-electron chi connectivity index (χ0n) is 16.1. The summed E-state index contributed by atoms with van der Waals surface area (Å²) in [5.74, 6) is 0. The second-order valence-corrected chi connectivity index (χ2v) is 8.30. The van der Waals surface area contributed by atoms with Gasteiger partial charge in [-0.1, -0.05) is 90.9 Å². The maximum Gasteiger partial charge on any atom is 1.00 e. The van der Waals surface area contributed by atoms with Gasteiger partial charge in [-0.2, -0.15) is 0 Å². The first-order valence-electron chi connectivity index (χ1n) is 9.56. The first-order chi connectivity index (χ1) is 10.9. The van der Waals surface area contributed by atoms with Crippen LogP contribution in [0.25, 0.3) is 0 Å². The van der Waals surface area contributed by atoms with Gasteiger partial charge in [0.15, 0.2) is 0 Å². The van der Waals surface area contributed by atoms with Gasteiger partial charge in [-0.05, 0) is 12.8 Å². The summed E-state index contributed by atoms with van der Waals surface area (Å²) >= 11 is 0. The largest absolute Gasteiger partial charge is 1.00 e. The molecule has 0 spiro atoms. The molecule has 0 radical (unpaired) electrons. The summed E-state index contributed by atoms with van der Waals surface area (Å²) < 4.78 is 34.2. The molecule has 4 nitrogen and oxygen atoms in total. The van der Waals surface area contributed by atoms with Crippen LogP contribution in [-0.2, 0) is 10.1 Å². The smallest absolute Gasteiger partial charge is 0.748 e. The first-order valence-corrected chi connectivity index (χ1v) is 11.0. The Morgan fingerprint density at radius 3 is 1.58 bits per heavy atom. The maximum absolute atomic E-state index is 11.4. The molecule has 0 fully saturated rings. The topological polar surface area (TPSA) is 77.4 Å². The molecule has 0 rings (SSSR count). The summed E-state index contributed by atoms with van der Waals surface area (Å²) in [5.41, 5.74) is 0. The van der Waals surface area contributed by atoms with Crippen LogP contribution < -0.4 is 51.4 Å². The van der Waals surface area contributed by atoms with Crippen molar-refractivity contribution in [2.75, 3.05) is 0 Å². The Morgan fingerprint density at radius 1 is 0.750 bits per heavy atom. The van der Waals surface area contributed by atoms with Crippen molar-refractivity contribution < 1.29 is 69.5 Å². The van der Waals surface area contributed by atoms with Crippen molar-refractivity contribution >= 4 is 10.1 Å². The predicted molar refractivity (Wildman–Crippen MR) is 95.5 cm³/mol. The van der Waals surface area contributed by atoms with E-state index < -0.39 is 21.5 Å². The molecule has 2 unspecified atom stereocenters. The Hall–Kier alpha value is 1.51. The number of aliphatic hydroxyl groups is 1. The van der Waals surface area contributed by atoms with E-state index in [0.717, 1.165) is 38.5 Å². The van der Waals surface area contributed by atoms with E-state index in [1.165, 1.54) is 32.1 Å². The molecule has 0 aromatic carbocycles. The second-order valence-electron chi connectivity index (χ2n) is 6.71. The van der Waals surface area contributed by atoms with Gasteiger partial charge in [-0.3, -0.25) is 0 Å². The van der Waals surface area contributed by atoms with E-state index in [0.29, 0.717) is 19.3 Å². The van der Waals surface area contributed by atoms with Crippen molar-refractivity contribution in [3.63, 3.8) is 0 Å².